The van der Waals surface area contributed by atoms with Crippen molar-refractivity contribution in [2.24, 2.45) is 5.92 Å². The molecule has 32 heavy (non-hydrogen) atoms. The SMILES string of the molecule is O=C(CCl)Nc1ccc(-n2nc(OCC3CCCCC3)nc2-c2ccc(Cl)c(Cl)c2)cc1. The van der Waals surface area contributed by atoms with E-state index in [4.69, 9.17) is 39.5 Å². The number of anilines is 1. The fraction of sp³-hybridized carbons (Fsp3) is 0.348. The van der Waals surface area contributed by atoms with Crippen LogP contribution >= 0.6 is 34.8 Å². The van der Waals surface area contributed by atoms with Crippen molar-refractivity contribution in [2.75, 3.05) is 17.8 Å². The maximum Gasteiger partial charge on any atom is 0.336 e. The molecule has 0 aliphatic heterocycles. The minimum absolute atomic E-state index is 0.103. The van der Waals surface area contributed by atoms with Crippen molar-refractivity contribution in [2.45, 2.75) is 32.1 Å². The van der Waals surface area contributed by atoms with Crippen molar-refractivity contribution in [1.82, 2.24) is 14.8 Å². The van der Waals surface area contributed by atoms with E-state index in [0.29, 0.717) is 40.1 Å². The lowest BCUT2D eigenvalue weighted by molar-refractivity contribution is -0.113. The molecule has 9 heteroatoms. The zero-order valence-corrected chi connectivity index (χ0v) is 19.6. The molecule has 0 saturated heterocycles. The van der Waals surface area contributed by atoms with E-state index in [1.54, 1.807) is 28.9 Å². The molecule has 6 nitrogen and oxygen atoms in total. The van der Waals surface area contributed by atoms with E-state index in [-0.39, 0.29) is 11.8 Å². The monoisotopic (exact) mass is 492 g/mol. The van der Waals surface area contributed by atoms with Gasteiger partial charge >= 0.3 is 6.01 Å². The lowest BCUT2D eigenvalue weighted by atomic mass is 9.90. The number of carbonyl (C=O) groups is 1. The van der Waals surface area contributed by atoms with Crippen molar-refractivity contribution in [3.8, 4) is 23.1 Å². The quantitative estimate of drug-likeness (QED) is 0.388. The Morgan fingerprint density at radius 3 is 2.50 bits per heavy atom. The molecule has 4 rings (SSSR count). The van der Waals surface area contributed by atoms with Gasteiger partial charge in [0.05, 0.1) is 22.3 Å². The van der Waals surface area contributed by atoms with E-state index in [1.807, 2.05) is 18.2 Å². The highest BCUT2D eigenvalue weighted by Crippen LogP contribution is 2.31. The van der Waals surface area contributed by atoms with Crippen molar-refractivity contribution in [3.05, 3.63) is 52.5 Å². The molecule has 168 valence electrons. The first-order chi connectivity index (χ1) is 15.5. The van der Waals surface area contributed by atoms with Crippen molar-refractivity contribution in [1.29, 1.82) is 0 Å². The zero-order chi connectivity index (χ0) is 22.5. The van der Waals surface area contributed by atoms with E-state index < -0.39 is 0 Å². The second-order valence-electron chi connectivity index (χ2n) is 7.80. The maximum atomic E-state index is 11.5. The van der Waals surface area contributed by atoms with Gasteiger partial charge in [0.2, 0.25) is 5.91 Å². The molecule has 1 saturated carbocycles. The summed E-state index contributed by atoms with van der Waals surface area (Å²) in [6.45, 7) is 0.605. The highest BCUT2D eigenvalue weighted by Gasteiger charge is 2.19. The van der Waals surface area contributed by atoms with Gasteiger partial charge in [0, 0.05) is 11.3 Å². The van der Waals surface area contributed by atoms with Crippen LogP contribution in [0.1, 0.15) is 32.1 Å². The molecule has 1 amide bonds. The molecular formula is C23H23Cl3N4O2. The van der Waals surface area contributed by atoms with Gasteiger partial charge in [-0.2, -0.15) is 4.98 Å². The Kier molecular flexibility index (Phi) is 7.55. The Bertz CT molecular complexity index is 1080. The molecular weight excluding hydrogens is 471 g/mol. The highest BCUT2D eigenvalue weighted by molar-refractivity contribution is 6.42. The molecule has 1 aliphatic carbocycles. The average Bonchev–Trinajstić information content (AvgIpc) is 3.25. The number of amides is 1. The van der Waals surface area contributed by atoms with Gasteiger partial charge in [-0.1, -0.05) is 42.5 Å². The predicted molar refractivity (Wildman–Crippen MR) is 128 cm³/mol. The molecule has 0 atom stereocenters. The summed E-state index contributed by atoms with van der Waals surface area (Å²) in [6.07, 6.45) is 6.14. The lowest BCUT2D eigenvalue weighted by Gasteiger charge is -2.20. The van der Waals surface area contributed by atoms with Gasteiger partial charge in [-0.3, -0.25) is 4.79 Å². The number of hydrogen-bond acceptors (Lipinski definition) is 4. The third-order valence-corrected chi connectivity index (χ3v) is 6.44. The first-order valence-corrected chi connectivity index (χ1v) is 11.8. The van der Waals surface area contributed by atoms with Crippen molar-refractivity contribution < 1.29 is 9.53 Å². The normalized spacial score (nSPS) is 14.3. The molecule has 0 unspecified atom stereocenters. The first kappa shape index (κ1) is 22.9. The third kappa shape index (κ3) is 5.55. The van der Waals surface area contributed by atoms with Gasteiger partial charge in [-0.25, -0.2) is 4.68 Å². The summed E-state index contributed by atoms with van der Waals surface area (Å²) in [5.74, 6) is 0.748. The van der Waals surface area contributed by atoms with Crippen LogP contribution in [0.25, 0.3) is 17.1 Å². The Balaban J connectivity index is 1.63. The molecule has 1 fully saturated rings. The number of aromatic nitrogens is 3. The Labute approximate surface area is 201 Å². The molecule has 1 aromatic heterocycles. The summed E-state index contributed by atoms with van der Waals surface area (Å²) in [5, 5.41) is 8.22. The Morgan fingerprint density at radius 2 is 1.81 bits per heavy atom. The second kappa shape index (κ2) is 10.6. The van der Waals surface area contributed by atoms with Crippen LogP contribution in [0.2, 0.25) is 10.0 Å². The number of nitrogens with one attached hydrogen (secondary N) is 1. The van der Waals surface area contributed by atoms with Crippen LogP contribution in [0.5, 0.6) is 6.01 Å². The fourth-order valence-electron chi connectivity index (χ4n) is 3.78. The van der Waals surface area contributed by atoms with Crippen molar-refractivity contribution >= 4 is 46.4 Å². The van der Waals surface area contributed by atoms with Crippen LogP contribution in [0.15, 0.2) is 42.5 Å². The molecule has 0 bridgehead atoms. The topological polar surface area (TPSA) is 69.0 Å². The summed E-state index contributed by atoms with van der Waals surface area (Å²) >= 11 is 17.9. The molecule has 1 N–H and O–H groups in total. The van der Waals surface area contributed by atoms with Crippen LogP contribution in [-0.2, 0) is 4.79 Å². The number of nitrogens with zero attached hydrogens (tertiary/aromatic N) is 3. The number of carbonyl (C=O) groups excluding carboxylic acids is 1. The number of rotatable bonds is 7. The van der Waals surface area contributed by atoms with Gasteiger partial charge in [0.15, 0.2) is 5.82 Å². The summed E-state index contributed by atoms with van der Waals surface area (Å²) < 4.78 is 7.68. The Hall–Kier alpha value is -2.28. The van der Waals surface area contributed by atoms with E-state index in [2.05, 4.69) is 15.4 Å². The molecule has 1 heterocycles. The van der Waals surface area contributed by atoms with Gasteiger partial charge < -0.3 is 10.1 Å². The van der Waals surface area contributed by atoms with Gasteiger partial charge in [0.1, 0.15) is 5.88 Å². The van der Waals surface area contributed by atoms with E-state index >= 15 is 0 Å². The molecule has 0 radical (unpaired) electrons. The minimum Gasteiger partial charge on any atom is -0.462 e. The number of hydrogen-bond donors (Lipinski definition) is 1. The molecule has 0 spiro atoms. The van der Waals surface area contributed by atoms with E-state index in [1.165, 1.54) is 32.1 Å². The van der Waals surface area contributed by atoms with Crippen LogP contribution in [0, 0.1) is 5.92 Å². The smallest absolute Gasteiger partial charge is 0.336 e. The maximum absolute atomic E-state index is 11.5. The molecule has 1 aliphatic rings. The summed E-state index contributed by atoms with van der Waals surface area (Å²) in [7, 11) is 0. The Morgan fingerprint density at radius 1 is 1.06 bits per heavy atom. The minimum atomic E-state index is -0.268. The number of halogens is 3. The molecule has 3 aromatic rings. The van der Waals surface area contributed by atoms with Gasteiger partial charge in [-0.15, -0.1) is 16.7 Å². The highest BCUT2D eigenvalue weighted by atomic mass is 35.5. The number of benzene rings is 2. The standard InChI is InChI=1S/C23H23Cl3N4O2/c24-13-21(31)27-17-7-9-18(10-8-17)30-22(16-6-11-19(25)20(26)12-16)28-23(29-30)32-14-15-4-2-1-3-5-15/h6-12,15H,1-5,13-14H2,(H,27,31). The zero-order valence-electron chi connectivity index (χ0n) is 17.4. The predicted octanol–water partition coefficient (Wildman–Crippen LogP) is 6.38. The lowest BCUT2D eigenvalue weighted by Crippen LogP contribution is -2.15. The summed E-state index contributed by atoms with van der Waals surface area (Å²) in [6, 6.07) is 12.9. The largest absolute Gasteiger partial charge is 0.462 e. The van der Waals surface area contributed by atoms with Gasteiger partial charge in [0.25, 0.3) is 0 Å². The van der Waals surface area contributed by atoms with Crippen LogP contribution in [-0.4, -0.2) is 33.2 Å². The van der Waals surface area contributed by atoms with Crippen LogP contribution in [0.3, 0.4) is 0 Å². The first-order valence-electron chi connectivity index (χ1n) is 10.5. The number of ether oxygens (including phenoxy) is 1. The molecule has 2 aromatic carbocycles. The van der Waals surface area contributed by atoms with Crippen LogP contribution in [0.4, 0.5) is 5.69 Å². The van der Waals surface area contributed by atoms with Crippen molar-refractivity contribution in [3.63, 3.8) is 0 Å². The summed E-state index contributed by atoms with van der Waals surface area (Å²) in [4.78, 5) is 16.2. The van der Waals surface area contributed by atoms with E-state index in [9.17, 15) is 4.79 Å². The number of alkyl halides is 1. The van der Waals surface area contributed by atoms with Gasteiger partial charge in [-0.05, 0) is 61.2 Å². The average molecular weight is 494 g/mol. The fourth-order valence-corrected chi connectivity index (χ4v) is 4.15. The van der Waals surface area contributed by atoms with E-state index in [0.717, 1.165) is 11.3 Å². The van der Waals surface area contributed by atoms with Crippen LogP contribution < -0.4 is 10.1 Å². The second-order valence-corrected chi connectivity index (χ2v) is 8.88. The summed E-state index contributed by atoms with van der Waals surface area (Å²) in [5.41, 5.74) is 2.17. The third-order valence-electron chi connectivity index (χ3n) is 5.46.